The van der Waals surface area contributed by atoms with Gasteiger partial charge in [-0.15, -0.1) is 0 Å². The summed E-state index contributed by atoms with van der Waals surface area (Å²) in [5.41, 5.74) is 1.56. The van der Waals surface area contributed by atoms with Crippen molar-refractivity contribution in [1.29, 1.82) is 0 Å². The van der Waals surface area contributed by atoms with Crippen molar-refractivity contribution >= 4 is 18.0 Å². The Morgan fingerprint density at radius 3 is 2.94 bits per heavy atom. The minimum absolute atomic E-state index is 0.206. The van der Waals surface area contributed by atoms with Gasteiger partial charge in [-0.1, -0.05) is 24.3 Å². The Morgan fingerprint density at radius 2 is 2.18 bits per heavy atom. The maximum atomic E-state index is 12.0. The third-order valence-corrected chi connectivity index (χ3v) is 2.88. The molecule has 2 rings (SSSR count). The Morgan fingerprint density at radius 1 is 1.41 bits per heavy atom. The van der Waals surface area contributed by atoms with Crippen molar-refractivity contribution in [3.63, 3.8) is 0 Å². The maximum Gasteiger partial charge on any atom is 0.317 e. The number of benzene rings is 1. The number of hydrogen-bond donors (Lipinski definition) is 0. The lowest BCUT2D eigenvalue weighted by atomic mass is 9.83. The number of aryl methyl sites for hydroxylation is 1. The normalized spacial score (nSPS) is 18.4. The van der Waals surface area contributed by atoms with Crippen LogP contribution in [0.3, 0.4) is 0 Å². The predicted octanol–water partition coefficient (Wildman–Crippen LogP) is 1.17. The van der Waals surface area contributed by atoms with Crippen molar-refractivity contribution in [2.24, 2.45) is 5.92 Å². The first-order chi connectivity index (χ1) is 8.24. The molecular weight excluding hydrogens is 220 g/mol. The van der Waals surface area contributed by atoms with Crippen LogP contribution in [0.4, 0.5) is 0 Å². The average molecular weight is 232 g/mol. The number of esters is 1. The number of ether oxygens (including phenoxy) is 1. The van der Waals surface area contributed by atoms with Gasteiger partial charge in [0.2, 0.25) is 0 Å². The van der Waals surface area contributed by atoms with Gasteiger partial charge in [0.15, 0.2) is 12.1 Å². The van der Waals surface area contributed by atoms with Crippen molar-refractivity contribution in [2.75, 3.05) is 6.61 Å². The molecule has 1 aliphatic carbocycles. The first kappa shape index (κ1) is 11.5. The molecule has 0 fully saturated rings. The highest BCUT2D eigenvalue weighted by Gasteiger charge is 2.33. The first-order valence-corrected chi connectivity index (χ1v) is 5.46. The second-order valence-corrected chi connectivity index (χ2v) is 3.91. The highest BCUT2D eigenvalue weighted by Crippen LogP contribution is 2.26. The molecule has 17 heavy (non-hydrogen) atoms. The van der Waals surface area contributed by atoms with Crippen molar-refractivity contribution in [3.05, 3.63) is 35.4 Å². The number of ketones is 1. The number of Topliss-reactive ketones (excluding diaryl/α,β-unsaturated/α-hetero) is 1. The molecule has 1 aromatic carbocycles. The van der Waals surface area contributed by atoms with Crippen molar-refractivity contribution in [3.8, 4) is 0 Å². The number of carbonyl (C=O) groups is 3. The van der Waals surface area contributed by atoms with Crippen LogP contribution in [0, 0.1) is 5.92 Å². The largest absolute Gasteiger partial charge is 0.457 e. The van der Waals surface area contributed by atoms with Gasteiger partial charge in [0.05, 0.1) is 0 Å². The van der Waals surface area contributed by atoms with Gasteiger partial charge < -0.3 is 4.74 Å². The average Bonchev–Trinajstić information content (AvgIpc) is 2.37. The molecule has 0 aromatic heterocycles. The van der Waals surface area contributed by atoms with Gasteiger partial charge in [0, 0.05) is 5.56 Å². The van der Waals surface area contributed by atoms with Crippen molar-refractivity contribution in [1.82, 2.24) is 0 Å². The van der Waals surface area contributed by atoms with Gasteiger partial charge in [-0.2, -0.15) is 0 Å². The molecule has 0 spiro atoms. The van der Waals surface area contributed by atoms with Gasteiger partial charge in [0.1, 0.15) is 12.5 Å². The molecule has 1 aliphatic rings. The number of rotatable bonds is 3. The smallest absolute Gasteiger partial charge is 0.317 e. The zero-order chi connectivity index (χ0) is 12.3. The lowest BCUT2D eigenvalue weighted by molar-refractivity contribution is -0.148. The van der Waals surface area contributed by atoms with Crippen LogP contribution in [0.2, 0.25) is 0 Å². The van der Waals surface area contributed by atoms with Crippen LogP contribution < -0.4 is 0 Å². The summed E-state index contributed by atoms with van der Waals surface area (Å²) < 4.78 is 4.69. The third kappa shape index (κ3) is 2.25. The molecule has 4 nitrogen and oxygen atoms in total. The molecule has 88 valence electrons. The number of fused-ring (bicyclic) bond motifs is 1. The fourth-order valence-corrected chi connectivity index (χ4v) is 2.04. The second-order valence-electron chi connectivity index (χ2n) is 3.91. The van der Waals surface area contributed by atoms with E-state index in [1.165, 1.54) is 0 Å². The zero-order valence-electron chi connectivity index (χ0n) is 9.22. The minimum Gasteiger partial charge on any atom is -0.457 e. The summed E-state index contributed by atoms with van der Waals surface area (Å²) >= 11 is 0. The number of carbonyl (C=O) groups excluding carboxylic acids is 3. The number of hydrogen-bond acceptors (Lipinski definition) is 4. The summed E-state index contributed by atoms with van der Waals surface area (Å²) in [4.78, 5) is 33.7. The summed E-state index contributed by atoms with van der Waals surface area (Å²) in [6.07, 6.45) is 1.63. The summed E-state index contributed by atoms with van der Waals surface area (Å²) in [6.45, 7) is -0.287. The van der Waals surface area contributed by atoms with Gasteiger partial charge in [-0.3, -0.25) is 14.4 Å². The fourth-order valence-electron chi connectivity index (χ4n) is 2.04. The third-order valence-electron chi connectivity index (χ3n) is 2.88. The molecule has 1 aromatic rings. The molecule has 0 amide bonds. The molecule has 0 saturated carbocycles. The van der Waals surface area contributed by atoms with E-state index >= 15 is 0 Å². The molecule has 1 atom stereocenters. The van der Waals surface area contributed by atoms with E-state index in [2.05, 4.69) is 4.74 Å². The summed E-state index contributed by atoms with van der Waals surface area (Å²) in [6, 6.07) is 7.25. The molecule has 0 aliphatic heterocycles. The molecule has 0 N–H and O–H groups in total. The van der Waals surface area contributed by atoms with E-state index < -0.39 is 11.9 Å². The minimum atomic E-state index is -0.759. The Kier molecular flexibility index (Phi) is 3.32. The van der Waals surface area contributed by atoms with Gasteiger partial charge in [-0.05, 0) is 18.4 Å². The van der Waals surface area contributed by atoms with Gasteiger partial charge in [0.25, 0.3) is 0 Å². The van der Waals surface area contributed by atoms with Crippen LogP contribution in [0.25, 0.3) is 0 Å². The Bertz CT molecular complexity index is 464. The van der Waals surface area contributed by atoms with Gasteiger partial charge >= 0.3 is 5.97 Å². The van der Waals surface area contributed by atoms with Crippen molar-refractivity contribution in [2.45, 2.75) is 12.8 Å². The fraction of sp³-hybridized carbons (Fsp3) is 0.308. The first-order valence-electron chi connectivity index (χ1n) is 5.46. The Balaban J connectivity index is 2.17. The summed E-state index contributed by atoms with van der Waals surface area (Å²) in [5, 5.41) is 0. The lowest BCUT2D eigenvalue weighted by Gasteiger charge is -2.21. The van der Waals surface area contributed by atoms with Crippen LogP contribution in [0.1, 0.15) is 22.3 Å². The highest BCUT2D eigenvalue weighted by atomic mass is 16.5. The van der Waals surface area contributed by atoms with Gasteiger partial charge in [-0.25, -0.2) is 0 Å². The standard InChI is InChI=1S/C13H12O4/c14-7-8-17-13(16)11-6-5-9-3-1-2-4-10(9)12(11)15/h1-4,7,11H,5-6,8H2. The Labute approximate surface area is 98.6 Å². The van der Waals surface area contributed by atoms with Crippen LogP contribution in [0.5, 0.6) is 0 Å². The Hall–Kier alpha value is -1.97. The van der Waals surface area contributed by atoms with E-state index in [0.717, 1.165) is 5.56 Å². The molecule has 0 radical (unpaired) electrons. The molecule has 0 bridgehead atoms. The van der Waals surface area contributed by atoms with Crippen LogP contribution in [-0.4, -0.2) is 24.6 Å². The predicted molar refractivity (Wildman–Crippen MR) is 59.6 cm³/mol. The van der Waals surface area contributed by atoms with E-state index in [1.807, 2.05) is 12.1 Å². The quantitative estimate of drug-likeness (QED) is 0.446. The highest BCUT2D eigenvalue weighted by molar-refractivity contribution is 6.10. The summed E-state index contributed by atoms with van der Waals surface area (Å²) in [5.74, 6) is -1.57. The van der Waals surface area contributed by atoms with Crippen LogP contribution >= 0.6 is 0 Å². The topological polar surface area (TPSA) is 60.4 Å². The molecular formula is C13H12O4. The van der Waals surface area contributed by atoms with E-state index in [9.17, 15) is 14.4 Å². The van der Waals surface area contributed by atoms with E-state index in [0.29, 0.717) is 24.7 Å². The maximum absolute atomic E-state index is 12.0. The monoisotopic (exact) mass is 232 g/mol. The van der Waals surface area contributed by atoms with Crippen LogP contribution in [-0.2, 0) is 20.7 Å². The van der Waals surface area contributed by atoms with E-state index in [-0.39, 0.29) is 12.4 Å². The molecule has 4 heteroatoms. The van der Waals surface area contributed by atoms with E-state index in [4.69, 9.17) is 0 Å². The lowest BCUT2D eigenvalue weighted by Crippen LogP contribution is -2.31. The zero-order valence-corrected chi connectivity index (χ0v) is 9.22. The van der Waals surface area contributed by atoms with Crippen LogP contribution in [0.15, 0.2) is 24.3 Å². The SMILES string of the molecule is O=CCOC(=O)C1CCc2ccccc2C1=O. The second kappa shape index (κ2) is 4.91. The molecule has 0 saturated heterocycles. The molecule has 1 unspecified atom stereocenters. The summed E-state index contributed by atoms with van der Waals surface area (Å²) in [7, 11) is 0. The number of aldehydes is 1. The van der Waals surface area contributed by atoms with Crippen molar-refractivity contribution < 1.29 is 19.1 Å². The van der Waals surface area contributed by atoms with E-state index in [1.54, 1.807) is 12.1 Å². The molecule has 0 heterocycles.